The van der Waals surface area contributed by atoms with Gasteiger partial charge in [-0.1, -0.05) is 0 Å². The summed E-state index contributed by atoms with van der Waals surface area (Å²) in [6.45, 7) is 0.659. The molecule has 0 unspecified atom stereocenters. The Morgan fingerprint density at radius 2 is 2.15 bits per heavy atom. The zero-order valence-electron chi connectivity index (χ0n) is 15.0. The maximum absolute atomic E-state index is 12.4. The fourth-order valence-electron chi connectivity index (χ4n) is 2.75. The number of carbonyl (C=O) groups excluding carboxylic acids is 3. The smallest absolute Gasteiger partial charge is 0.340 e. The quantitative estimate of drug-likeness (QED) is 0.761. The second-order valence-electron chi connectivity index (χ2n) is 5.90. The van der Waals surface area contributed by atoms with Crippen LogP contribution < -0.4 is 15.0 Å². The van der Waals surface area contributed by atoms with Crippen LogP contribution in [0.1, 0.15) is 28.9 Å². The van der Waals surface area contributed by atoms with Crippen LogP contribution in [0, 0.1) is 0 Å². The van der Waals surface area contributed by atoms with Crippen molar-refractivity contribution in [2.45, 2.75) is 19.3 Å². The number of hydrogen-bond donors (Lipinski definition) is 1. The van der Waals surface area contributed by atoms with E-state index in [1.54, 1.807) is 22.4 Å². The highest BCUT2D eigenvalue weighted by Crippen LogP contribution is 2.26. The van der Waals surface area contributed by atoms with Crippen LogP contribution >= 0.6 is 11.3 Å². The molecule has 0 atom stereocenters. The van der Waals surface area contributed by atoms with Gasteiger partial charge in [-0.2, -0.15) is 0 Å². The van der Waals surface area contributed by atoms with Gasteiger partial charge in [-0.05, 0) is 24.6 Å². The number of carbonyl (C=O) groups is 3. The van der Waals surface area contributed by atoms with E-state index in [2.05, 4.69) is 10.3 Å². The molecule has 1 aliphatic heterocycles. The van der Waals surface area contributed by atoms with Gasteiger partial charge >= 0.3 is 5.97 Å². The van der Waals surface area contributed by atoms with Crippen LogP contribution in [0.4, 0.5) is 10.8 Å². The first-order valence-electron chi connectivity index (χ1n) is 8.32. The molecule has 27 heavy (non-hydrogen) atoms. The van der Waals surface area contributed by atoms with Crippen molar-refractivity contribution < 1.29 is 23.9 Å². The summed E-state index contributed by atoms with van der Waals surface area (Å²) >= 11 is 1.34. The van der Waals surface area contributed by atoms with Crippen molar-refractivity contribution in [1.82, 2.24) is 4.98 Å². The molecule has 9 heteroatoms. The lowest BCUT2D eigenvalue weighted by atomic mass is 10.1. The summed E-state index contributed by atoms with van der Waals surface area (Å²) in [7, 11) is 2.75. The highest BCUT2D eigenvalue weighted by molar-refractivity contribution is 7.14. The standard InChI is InChI=1S/C18H19N3O5S/c1-25-12-5-6-14(13(9-12)17(24)26-2)20-15(22)8-11-10-27-18(19-11)21-7-3-4-16(21)23/h5-6,9-10H,3-4,7-8H2,1-2H3,(H,20,22). The Morgan fingerprint density at radius 1 is 1.33 bits per heavy atom. The molecular weight excluding hydrogens is 370 g/mol. The van der Waals surface area contributed by atoms with Gasteiger partial charge < -0.3 is 14.8 Å². The van der Waals surface area contributed by atoms with Crippen LogP contribution in [-0.2, 0) is 20.7 Å². The number of benzene rings is 1. The van der Waals surface area contributed by atoms with Crippen LogP contribution in [0.25, 0.3) is 0 Å². The fraction of sp³-hybridized carbons (Fsp3) is 0.333. The molecule has 1 saturated heterocycles. The number of nitrogens with zero attached hydrogens (tertiary/aromatic N) is 2. The van der Waals surface area contributed by atoms with Crippen molar-refractivity contribution in [3.63, 3.8) is 0 Å². The summed E-state index contributed by atoms with van der Waals surface area (Å²) in [5.74, 6) is -0.364. The third-order valence-corrected chi connectivity index (χ3v) is 5.00. The molecule has 2 heterocycles. The third kappa shape index (κ3) is 4.25. The molecule has 0 bridgehead atoms. The predicted molar refractivity (Wildman–Crippen MR) is 100 cm³/mol. The zero-order valence-corrected chi connectivity index (χ0v) is 15.8. The van der Waals surface area contributed by atoms with E-state index in [9.17, 15) is 14.4 Å². The third-order valence-electron chi connectivity index (χ3n) is 4.09. The van der Waals surface area contributed by atoms with Gasteiger partial charge in [-0.25, -0.2) is 9.78 Å². The largest absolute Gasteiger partial charge is 0.497 e. The lowest BCUT2D eigenvalue weighted by Gasteiger charge is -2.11. The average molecular weight is 389 g/mol. The van der Waals surface area contributed by atoms with Crippen molar-refractivity contribution in [3.8, 4) is 5.75 Å². The van der Waals surface area contributed by atoms with Crippen molar-refractivity contribution in [3.05, 3.63) is 34.8 Å². The molecule has 1 aliphatic rings. The van der Waals surface area contributed by atoms with Crippen LogP contribution in [0.5, 0.6) is 5.75 Å². The van der Waals surface area contributed by atoms with Gasteiger partial charge in [0.2, 0.25) is 11.8 Å². The minimum Gasteiger partial charge on any atom is -0.497 e. The van der Waals surface area contributed by atoms with E-state index in [0.29, 0.717) is 35.2 Å². The maximum Gasteiger partial charge on any atom is 0.340 e. The Morgan fingerprint density at radius 3 is 2.81 bits per heavy atom. The van der Waals surface area contributed by atoms with Crippen molar-refractivity contribution in [2.24, 2.45) is 0 Å². The summed E-state index contributed by atoms with van der Waals surface area (Å²) in [6.07, 6.45) is 1.39. The first kappa shape index (κ1) is 18.8. The Labute approximate surface area is 160 Å². The number of nitrogens with one attached hydrogen (secondary N) is 1. The molecule has 1 aromatic carbocycles. The van der Waals surface area contributed by atoms with Gasteiger partial charge in [0.15, 0.2) is 5.13 Å². The minimum atomic E-state index is -0.576. The summed E-state index contributed by atoms with van der Waals surface area (Å²) in [5.41, 5.74) is 1.10. The summed E-state index contributed by atoms with van der Waals surface area (Å²) < 4.78 is 9.86. The summed E-state index contributed by atoms with van der Waals surface area (Å²) in [4.78, 5) is 42.1. The first-order valence-corrected chi connectivity index (χ1v) is 9.20. The predicted octanol–water partition coefficient (Wildman–Crippen LogP) is 2.25. The van der Waals surface area contributed by atoms with Crippen molar-refractivity contribution in [1.29, 1.82) is 0 Å². The molecule has 8 nitrogen and oxygen atoms in total. The molecule has 1 N–H and O–H groups in total. The highest BCUT2D eigenvalue weighted by atomic mass is 32.1. The molecule has 142 valence electrons. The molecule has 2 aromatic rings. The first-order chi connectivity index (χ1) is 13.0. The highest BCUT2D eigenvalue weighted by Gasteiger charge is 2.24. The normalized spacial score (nSPS) is 13.6. The van der Waals surface area contributed by atoms with E-state index < -0.39 is 5.97 Å². The Kier molecular flexibility index (Phi) is 5.70. The second-order valence-corrected chi connectivity index (χ2v) is 6.73. The number of anilines is 2. The van der Waals surface area contributed by atoms with Crippen molar-refractivity contribution >= 4 is 39.9 Å². The van der Waals surface area contributed by atoms with Gasteiger partial charge in [0.1, 0.15) is 5.75 Å². The zero-order chi connectivity index (χ0) is 19.4. The van der Waals surface area contributed by atoms with Gasteiger partial charge in [0.05, 0.1) is 37.6 Å². The number of thiazole rings is 1. The van der Waals surface area contributed by atoms with Crippen LogP contribution in [-0.4, -0.2) is 43.5 Å². The van der Waals surface area contributed by atoms with E-state index in [1.807, 2.05) is 0 Å². The van der Waals surface area contributed by atoms with E-state index in [1.165, 1.54) is 31.6 Å². The number of rotatable bonds is 6. The van der Waals surface area contributed by atoms with Gasteiger partial charge in [0.25, 0.3) is 0 Å². The Hall–Kier alpha value is -2.94. The number of methoxy groups -OCH3 is 2. The monoisotopic (exact) mass is 389 g/mol. The summed E-state index contributed by atoms with van der Waals surface area (Å²) in [6, 6.07) is 4.72. The van der Waals surface area contributed by atoms with E-state index in [4.69, 9.17) is 9.47 Å². The summed E-state index contributed by atoms with van der Waals surface area (Å²) in [5, 5.41) is 5.07. The number of hydrogen-bond acceptors (Lipinski definition) is 7. The molecular formula is C18H19N3O5S. The minimum absolute atomic E-state index is 0.0329. The number of amides is 2. The van der Waals surface area contributed by atoms with Gasteiger partial charge in [-0.15, -0.1) is 11.3 Å². The Balaban J connectivity index is 1.70. The van der Waals surface area contributed by atoms with Gasteiger partial charge in [-0.3, -0.25) is 14.5 Å². The molecule has 0 aliphatic carbocycles. The van der Waals surface area contributed by atoms with E-state index >= 15 is 0 Å². The molecule has 0 radical (unpaired) electrons. The van der Waals surface area contributed by atoms with Crippen LogP contribution in [0.2, 0.25) is 0 Å². The number of ether oxygens (including phenoxy) is 2. The average Bonchev–Trinajstić information content (AvgIpc) is 3.29. The fourth-order valence-corrected chi connectivity index (χ4v) is 3.62. The lowest BCUT2D eigenvalue weighted by molar-refractivity contribution is -0.117. The van der Waals surface area contributed by atoms with E-state index in [0.717, 1.165) is 6.42 Å². The SMILES string of the molecule is COC(=O)c1cc(OC)ccc1NC(=O)Cc1csc(N2CCCC2=O)n1. The van der Waals surface area contributed by atoms with Crippen LogP contribution in [0.15, 0.2) is 23.6 Å². The Bertz CT molecular complexity index is 880. The topological polar surface area (TPSA) is 97.8 Å². The van der Waals surface area contributed by atoms with Crippen molar-refractivity contribution in [2.75, 3.05) is 31.0 Å². The molecule has 0 saturated carbocycles. The lowest BCUT2D eigenvalue weighted by Crippen LogP contribution is -2.23. The number of esters is 1. The maximum atomic E-state index is 12.4. The van der Waals surface area contributed by atoms with E-state index in [-0.39, 0.29) is 23.8 Å². The number of aromatic nitrogens is 1. The second kappa shape index (κ2) is 8.17. The van der Waals surface area contributed by atoms with Gasteiger partial charge in [0, 0.05) is 18.3 Å². The molecule has 1 aromatic heterocycles. The van der Waals surface area contributed by atoms with Crippen LogP contribution in [0.3, 0.4) is 0 Å². The molecule has 0 spiro atoms. The molecule has 3 rings (SSSR count). The molecule has 2 amide bonds. The molecule has 1 fully saturated rings.